The van der Waals surface area contributed by atoms with Gasteiger partial charge in [0.25, 0.3) is 5.69 Å². The molecule has 0 radical (unpaired) electrons. The zero-order valence-electron chi connectivity index (χ0n) is 11.2. The van der Waals surface area contributed by atoms with Crippen LogP contribution < -0.4 is 4.74 Å². The predicted octanol–water partition coefficient (Wildman–Crippen LogP) is 3.41. The predicted molar refractivity (Wildman–Crippen MR) is 84.4 cm³/mol. The Morgan fingerprint density at radius 1 is 1.36 bits per heavy atom. The highest BCUT2D eigenvalue weighted by atomic mass is 127. The molecule has 9 heteroatoms. The third kappa shape index (κ3) is 2.47. The molecule has 112 valence electrons. The minimum absolute atomic E-state index is 0.0993. The van der Waals surface area contributed by atoms with Crippen LogP contribution in [0.2, 0.25) is 0 Å². The van der Waals surface area contributed by atoms with E-state index in [0.717, 1.165) is 6.07 Å². The van der Waals surface area contributed by atoms with E-state index in [1.807, 2.05) is 22.6 Å². The summed E-state index contributed by atoms with van der Waals surface area (Å²) in [6, 6.07) is 4.82. The van der Waals surface area contributed by atoms with Crippen molar-refractivity contribution in [1.82, 2.24) is 14.8 Å². The van der Waals surface area contributed by atoms with E-state index in [2.05, 4.69) is 10.1 Å². The Kier molecular flexibility index (Phi) is 3.64. The molecule has 0 aliphatic carbocycles. The average Bonchev–Trinajstić information content (AvgIpc) is 2.77. The van der Waals surface area contributed by atoms with Gasteiger partial charge in [0.2, 0.25) is 0 Å². The number of non-ortho nitro benzene ring substituents is 1. The number of aryl methyl sites for hydroxylation is 1. The van der Waals surface area contributed by atoms with Crippen molar-refractivity contribution in [1.29, 1.82) is 0 Å². The molecule has 0 spiro atoms. The molecular weight excluding hydrogens is 406 g/mol. The Morgan fingerprint density at radius 2 is 2.14 bits per heavy atom. The number of nitro groups is 1. The lowest BCUT2D eigenvalue weighted by atomic mass is 10.3. The van der Waals surface area contributed by atoms with E-state index in [9.17, 15) is 14.5 Å². The van der Waals surface area contributed by atoms with Gasteiger partial charge < -0.3 is 4.74 Å². The topological polar surface area (TPSA) is 83.1 Å². The highest BCUT2D eigenvalue weighted by Crippen LogP contribution is 2.33. The third-order valence-electron chi connectivity index (χ3n) is 2.99. The fourth-order valence-electron chi connectivity index (χ4n) is 1.99. The van der Waals surface area contributed by atoms with Crippen molar-refractivity contribution in [3.8, 4) is 11.5 Å². The summed E-state index contributed by atoms with van der Waals surface area (Å²) in [6.07, 6.45) is 1.53. The van der Waals surface area contributed by atoms with E-state index in [1.54, 1.807) is 17.8 Å². The number of hydrogen-bond donors (Lipinski definition) is 0. The molecule has 1 aromatic carbocycles. The van der Waals surface area contributed by atoms with Crippen LogP contribution in [0.25, 0.3) is 11.0 Å². The Hall–Kier alpha value is -2.30. The van der Waals surface area contributed by atoms with Crippen molar-refractivity contribution in [2.45, 2.75) is 0 Å². The van der Waals surface area contributed by atoms with Crippen molar-refractivity contribution in [3.63, 3.8) is 0 Å². The molecule has 0 amide bonds. The molecule has 0 fully saturated rings. The van der Waals surface area contributed by atoms with Crippen LogP contribution in [0.15, 0.2) is 30.5 Å². The summed E-state index contributed by atoms with van der Waals surface area (Å²) < 4.78 is 21.8. The van der Waals surface area contributed by atoms with Gasteiger partial charge in [0.1, 0.15) is 9.45 Å². The molecule has 0 N–H and O–H groups in total. The molecule has 3 rings (SSSR count). The van der Waals surface area contributed by atoms with Gasteiger partial charge in [-0.05, 0) is 28.7 Å². The molecule has 0 saturated heterocycles. The van der Waals surface area contributed by atoms with E-state index >= 15 is 0 Å². The Balaban J connectivity index is 2.05. The van der Waals surface area contributed by atoms with Crippen molar-refractivity contribution in [2.24, 2.45) is 7.05 Å². The number of aromatic nitrogens is 3. The molecule has 2 aromatic heterocycles. The number of nitrogens with zero attached hydrogens (tertiary/aromatic N) is 4. The monoisotopic (exact) mass is 414 g/mol. The largest absolute Gasteiger partial charge is 0.453 e. The summed E-state index contributed by atoms with van der Waals surface area (Å²) >= 11 is 2.03. The number of ether oxygens (including phenoxy) is 1. The standard InChI is InChI=1S/C13H8FIN4O3/c1-18-13-11(12(15)17-18)10(4-5-16-13)22-9-3-2-7(19(20)21)6-8(9)14/h2-6H,1H3. The number of benzene rings is 1. The molecule has 0 aliphatic rings. The fourth-order valence-corrected chi connectivity index (χ4v) is 2.82. The van der Waals surface area contributed by atoms with E-state index in [-0.39, 0.29) is 11.4 Å². The summed E-state index contributed by atoms with van der Waals surface area (Å²) in [7, 11) is 1.74. The maximum Gasteiger partial charge on any atom is 0.272 e. The third-order valence-corrected chi connectivity index (χ3v) is 3.74. The van der Waals surface area contributed by atoms with Crippen LogP contribution in [-0.2, 0) is 7.05 Å². The second-order valence-electron chi connectivity index (χ2n) is 4.40. The molecule has 2 heterocycles. The van der Waals surface area contributed by atoms with Crippen molar-refractivity contribution < 1.29 is 14.1 Å². The Morgan fingerprint density at radius 3 is 2.82 bits per heavy atom. The van der Waals surface area contributed by atoms with E-state index in [1.165, 1.54) is 18.3 Å². The second kappa shape index (κ2) is 5.48. The lowest BCUT2D eigenvalue weighted by Crippen LogP contribution is -1.94. The van der Waals surface area contributed by atoms with Gasteiger partial charge in [0.15, 0.2) is 17.2 Å². The minimum Gasteiger partial charge on any atom is -0.453 e. The van der Waals surface area contributed by atoms with Gasteiger partial charge in [-0.1, -0.05) is 0 Å². The molecule has 0 saturated carbocycles. The molecule has 0 unspecified atom stereocenters. The maximum absolute atomic E-state index is 13.9. The van der Waals surface area contributed by atoms with Crippen LogP contribution >= 0.6 is 22.6 Å². The molecule has 3 aromatic rings. The zero-order chi connectivity index (χ0) is 15.9. The number of halogens is 2. The first-order valence-corrected chi connectivity index (χ1v) is 7.14. The van der Waals surface area contributed by atoms with Crippen LogP contribution in [0.1, 0.15) is 0 Å². The molecule has 22 heavy (non-hydrogen) atoms. The smallest absolute Gasteiger partial charge is 0.272 e. The van der Waals surface area contributed by atoms with Gasteiger partial charge in [0, 0.05) is 25.4 Å². The van der Waals surface area contributed by atoms with Gasteiger partial charge in [-0.3, -0.25) is 10.1 Å². The van der Waals surface area contributed by atoms with Gasteiger partial charge in [-0.15, -0.1) is 0 Å². The van der Waals surface area contributed by atoms with E-state index < -0.39 is 10.7 Å². The summed E-state index contributed by atoms with van der Waals surface area (Å²) in [5.74, 6) is -0.522. The fraction of sp³-hybridized carbons (Fsp3) is 0.0769. The van der Waals surface area contributed by atoms with Crippen LogP contribution in [0, 0.1) is 19.6 Å². The highest BCUT2D eigenvalue weighted by Gasteiger charge is 2.16. The quantitative estimate of drug-likeness (QED) is 0.373. The summed E-state index contributed by atoms with van der Waals surface area (Å²) in [5, 5.41) is 15.5. The van der Waals surface area contributed by atoms with Crippen molar-refractivity contribution in [3.05, 3.63) is 50.1 Å². The summed E-state index contributed by atoms with van der Waals surface area (Å²) in [5.41, 5.74) is 0.268. The number of rotatable bonds is 3. The van der Waals surface area contributed by atoms with Crippen LogP contribution in [0.4, 0.5) is 10.1 Å². The SMILES string of the molecule is Cn1nc(I)c2c(Oc3ccc([N+](=O)[O-])cc3F)ccnc21. The lowest BCUT2D eigenvalue weighted by Gasteiger charge is -2.07. The van der Waals surface area contributed by atoms with Gasteiger partial charge in [0.05, 0.1) is 16.4 Å². The van der Waals surface area contributed by atoms with Crippen LogP contribution in [-0.4, -0.2) is 19.7 Å². The van der Waals surface area contributed by atoms with Gasteiger partial charge in [-0.2, -0.15) is 5.10 Å². The maximum atomic E-state index is 13.9. The molecule has 7 nitrogen and oxygen atoms in total. The average molecular weight is 414 g/mol. The zero-order valence-corrected chi connectivity index (χ0v) is 13.3. The molecule has 0 aliphatic heterocycles. The van der Waals surface area contributed by atoms with Crippen molar-refractivity contribution >= 4 is 39.3 Å². The number of pyridine rings is 1. The number of fused-ring (bicyclic) bond motifs is 1. The van der Waals surface area contributed by atoms with E-state index in [4.69, 9.17) is 4.74 Å². The first-order valence-electron chi connectivity index (χ1n) is 6.06. The normalized spacial score (nSPS) is 10.9. The Bertz CT molecular complexity index is 896. The Labute approximate surface area is 137 Å². The molecular formula is C13H8FIN4O3. The van der Waals surface area contributed by atoms with E-state index in [0.29, 0.717) is 20.5 Å². The summed E-state index contributed by atoms with van der Waals surface area (Å²) in [6.45, 7) is 0. The number of nitro benzene ring substituents is 1. The van der Waals surface area contributed by atoms with Crippen molar-refractivity contribution in [2.75, 3.05) is 0 Å². The minimum atomic E-state index is -0.807. The second-order valence-corrected chi connectivity index (χ2v) is 5.42. The lowest BCUT2D eigenvalue weighted by molar-refractivity contribution is -0.385. The van der Waals surface area contributed by atoms with Gasteiger partial charge in [-0.25, -0.2) is 14.1 Å². The molecule has 0 bridgehead atoms. The summed E-state index contributed by atoms with van der Waals surface area (Å²) in [4.78, 5) is 14.2. The molecule has 0 atom stereocenters. The first-order chi connectivity index (χ1) is 10.5. The first kappa shape index (κ1) is 14.6. The number of hydrogen-bond acceptors (Lipinski definition) is 5. The van der Waals surface area contributed by atoms with Crippen LogP contribution in [0.3, 0.4) is 0 Å². The van der Waals surface area contributed by atoms with Gasteiger partial charge >= 0.3 is 0 Å². The van der Waals surface area contributed by atoms with Crippen LogP contribution in [0.5, 0.6) is 11.5 Å². The highest BCUT2D eigenvalue weighted by molar-refractivity contribution is 14.1.